The lowest BCUT2D eigenvalue weighted by Gasteiger charge is -2.18. The van der Waals surface area contributed by atoms with Gasteiger partial charge in [0.15, 0.2) is 0 Å². The predicted octanol–water partition coefficient (Wildman–Crippen LogP) is 7.11. The molecule has 4 aromatic rings. The van der Waals surface area contributed by atoms with E-state index in [1.807, 2.05) is 11.3 Å². The monoisotopic (exact) mass is 526 g/mol. The van der Waals surface area contributed by atoms with Crippen molar-refractivity contribution in [3.63, 3.8) is 0 Å². The van der Waals surface area contributed by atoms with Crippen LogP contribution in [0.15, 0.2) is 72.8 Å². The number of nitrogens with zero attached hydrogens (tertiary/aromatic N) is 2. The first-order valence-corrected chi connectivity index (χ1v) is 15.0. The van der Waals surface area contributed by atoms with Crippen molar-refractivity contribution in [3.05, 3.63) is 83.9 Å². The van der Waals surface area contributed by atoms with Crippen molar-refractivity contribution in [1.82, 2.24) is 9.80 Å². The Balaban J connectivity index is 1.15. The number of hydrogen-bond acceptors (Lipinski definition) is 5. The fraction of sp³-hybridized carbons (Fsp3) is 0.394. The Morgan fingerprint density at radius 3 is 2.50 bits per heavy atom. The summed E-state index contributed by atoms with van der Waals surface area (Å²) in [6, 6.07) is 26.2. The molecule has 0 N–H and O–H groups in total. The third-order valence-corrected chi connectivity index (χ3v) is 9.14. The topological polar surface area (TPSA) is 24.9 Å². The first-order valence-electron chi connectivity index (χ1n) is 14.2. The predicted molar refractivity (Wildman–Crippen MR) is 159 cm³/mol. The number of para-hydroxylation sites is 1. The average molecular weight is 527 g/mol. The van der Waals surface area contributed by atoms with Crippen LogP contribution in [0.25, 0.3) is 20.5 Å². The van der Waals surface area contributed by atoms with Crippen LogP contribution in [0.4, 0.5) is 0 Å². The number of likely N-dealkylation sites (tertiary alicyclic amines) is 2. The van der Waals surface area contributed by atoms with Gasteiger partial charge in [-0.25, -0.2) is 0 Å². The lowest BCUT2D eigenvalue weighted by molar-refractivity contribution is 0.201. The highest BCUT2D eigenvalue weighted by Crippen LogP contribution is 2.37. The van der Waals surface area contributed by atoms with Crippen molar-refractivity contribution in [2.24, 2.45) is 0 Å². The first kappa shape index (κ1) is 25.4. The Kier molecular flexibility index (Phi) is 7.96. The second-order valence-corrected chi connectivity index (χ2v) is 11.7. The minimum absolute atomic E-state index is 0.284. The summed E-state index contributed by atoms with van der Waals surface area (Å²) < 4.78 is 13.9. The van der Waals surface area contributed by atoms with Gasteiger partial charge in [-0.3, -0.25) is 9.80 Å². The number of fused-ring (bicyclic) bond motifs is 1. The van der Waals surface area contributed by atoms with Crippen molar-refractivity contribution in [2.45, 2.75) is 38.7 Å². The Labute approximate surface area is 230 Å². The maximum absolute atomic E-state index is 6.51. The normalized spacial score (nSPS) is 18.4. The third-order valence-electron chi connectivity index (χ3n) is 7.99. The van der Waals surface area contributed by atoms with E-state index in [0.717, 1.165) is 57.1 Å². The number of thiophene rings is 1. The van der Waals surface area contributed by atoms with E-state index >= 15 is 0 Å². The Morgan fingerprint density at radius 1 is 0.868 bits per heavy atom. The van der Waals surface area contributed by atoms with Crippen molar-refractivity contribution < 1.29 is 9.47 Å². The summed E-state index contributed by atoms with van der Waals surface area (Å²) in [6.07, 6.45) is 4.91. The van der Waals surface area contributed by atoms with Crippen LogP contribution in [0.3, 0.4) is 0 Å². The maximum atomic E-state index is 6.51. The van der Waals surface area contributed by atoms with Crippen LogP contribution in [0.1, 0.15) is 37.3 Å². The molecule has 4 nitrogen and oxygen atoms in total. The molecule has 6 rings (SSSR count). The first-order chi connectivity index (χ1) is 18.7. The molecule has 38 heavy (non-hydrogen) atoms. The van der Waals surface area contributed by atoms with Crippen LogP contribution in [-0.4, -0.2) is 61.8 Å². The van der Waals surface area contributed by atoms with Crippen molar-refractivity contribution in [2.75, 3.05) is 45.9 Å². The molecule has 1 atom stereocenters. The van der Waals surface area contributed by atoms with Crippen LogP contribution in [-0.2, 0) is 6.42 Å². The molecule has 0 bridgehead atoms. The summed E-state index contributed by atoms with van der Waals surface area (Å²) in [4.78, 5) is 6.25. The number of ether oxygens (including phenoxy) is 2. The van der Waals surface area contributed by atoms with Gasteiger partial charge in [0.1, 0.15) is 24.2 Å². The van der Waals surface area contributed by atoms with E-state index in [9.17, 15) is 0 Å². The van der Waals surface area contributed by atoms with Crippen molar-refractivity contribution in [1.29, 1.82) is 0 Å². The summed E-state index contributed by atoms with van der Waals surface area (Å²) >= 11 is 1.86. The van der Waals surface area contributed by atoms with Gasteiger partial charge in [-0.15, -0.1) is 11.3 Å². The summed E-state index contributed by atoms with van der Waals surface area (Å²) in [5.41, 5.74) is 3.86. The second kappa shape index (κ2) is 11.9. The van der Waals surface area contributed by atoms with Gasteiger partial charge in [-0.2, -0.15) is 0 Å². The lowest BCUT2D eigenvalue weighted by Crippen LogP contribution is -2.25. The van der Waals surface area contributed by atoms with Crippen LogP contribution in [0.2, 0.25) is 0 Å². The minimum Gasteiger partial charge on any atom is -0.492 e. The largest absolute Gasteiger partial charge is 0.492 e. The summed E-state index contributed by atoms with van der Waals surface area (Å²) in [5, 5.41) is 1.34. The highest BCUT2D eigenvalue weighted by Gasteiger charge is 2.23. The maximum Gasteiger partial charge on any atom is 0.123 e. The highest BCUT2D eigenvalue weighted by atomic mass is 32.1. The molecule has 0 aliphatic carbocycles. The van der Waals surface area contributed by atoms with E-state index in [2.05, 4.69) is 89.5 Å². The van der Waals surface area contributed by atoms with Crippen LogP contribution < -0.4 is 9.47 Å². The van der Waals surface area contributed by atoms with Gasteiger partial charge in [-0.1, -0.05) is 37.3 Å². The van der Waals surface area contributed by atoms with E-state index < -0.39 is 0 Å². The number of hydrogen-bond donors (Lipinski definition) is 0. The van der Waals surface area contributed by atoms with E-state index in [0.29, 0.717) is 0 Å². The van der Waals surface area contributed by atoms with Gasteiger partial charge in [0.2, 0.25) is 0 Å². The van der Waals surface area contributed by atoms with E-state index in [1.165, 1.54) is 57.6 Å². The molecule has 3 heterocycles. The number of rotatable bonds is 10. The fourth-order valence-corrected chi connectivity index (χ4v) is 6.88. The molecule has 0 amide bonds. The minimum atomic E-state index is 0.284. The zero-order valence-electron chi connectivity index (χ0n) is 22.4. The van der Waals surface area contributed by atoms with Gasteiger partial charge in [-0.05, 0) is 103 Å². The molecular formula is C33H38N2O2S. The van der Waals surface area contributed by atoms with Gasteiger partial charge in [0, 0.05) is 35.6 Å². The molecule has 5 heteroatoms. The highest BCUT2D eigenvalue weighted by molar-refractivity contribution is 7.22. The molecular weight excluding hydrogens is 488 g/mol. The van der Waals surface area contributed by atoms with Crippen molar-refractivity contribution >= 4 is 21.4 Å². The zero-order chi connectivity index (χ0) is 25.7. The average Bonchev–Trinajstić information content (AvgIpc) is 3.72. The Hall–Kier alpha value is -2.86. The van der Waals surface area contributed by atoms with Crippen LogP contribution >= 0.6 is 11.3 Å². The summed E-state index contributed by atoms with van der Waals surface area (Å²) in [6.45, 7) is 9.69. The van der Waals surface area contributed by atoms with E-state index in [-0.39, 0.29) is 6.10 Å². The zero-order valence-corrected chi connectivity index (χ0v) is 23.2. The van der Waals surface area contributed by atoms with Gasteiger partial charge < -0.3 is 9.47 Å². The van der Waals surface area contributed by atoms with Crippen LogP contribution in [0, 0.1) is 0 Å². The Bertz CT molecular complexity index is 1340. The Morgan fingerprint density at radius 2 is 1.68 bits per heavy atom. The smallest absolute Gasteiger partial charge is 0.123 e. The summed E-state index contributed by atoms with van der Waals surface area (Å²) in [7, 11) is 0. The third kappa shape index (κ3) is 5.90. The quantitative estimate of drug-likeness (QED) is 0.220. The molecule has 2 fully saturated rings. The van der Waals surface area contributed by atoms with Gasteiger partial charge in [0.05, 0.1) is 0 Å². The summed E-state index contributed by atoms with van der Waals surface area (Å²) in [5.74, 6) is 1.99. The lowest BCUT2D eigenvalue weighted by atomic mass is 10.0. The molecule has 1 aromatic heterocycles. The molecule has 2 aliphatic rings. The molecule has 1 unspecified atom stereocenters. The number of benzene rings is 3. The molecule has 0 spiro atoms. The van der Waals surface area contributed by atoms with Gasteiger partial charge >= 0.3 is 0 Å². The molecule has 198 valence electrons. The van der Waals surface area contributed by atoms with E-state index in [1.54, 1.807) is 0 Å². The van der Waals surface area contributed by atoms with E-state index in [4.69, 9.17) is 9.47 Å². The molecule has 0 radical (unpaired) electrons. The molecule has 2 saturated heterocycles. The van der Waals surface area contributed by atoms with Crippen LogP contribution in [0.5, 0.6) is 11.5 Å². The SMILES string of the molecule is CCN1CCC(Oc2ccccc2Cc2cccc3sc(-c4ccc(OCCN5CCCC5)cc4)cc23)C1. The molecule has 0 saturated carbocycles. The second-order valence-electron chi connectivity index (χ2n) is 10.6. The van der Waals surface area contributed by atoms with Crippen molar-refractivity contribution in [3.8, 4) is 21.9 Å². The van der Waals surface area contributed by atoms with Gasteiger partial charge in [0.25, 0.3) is 0 Å². The molecule has 3 aromatic carbocycles. The number of likely N-dealkylation sites (N-methyl/N-ethyl adjacent to an activating group) is 1. The molecule has 2 aliphatic heterocycles. The standard InChI is InChI=1S/C33H38N2O2S/c1-2-34-19-16-29(24-34)37-31-10-4-3-8-27(31)22-26-9-7-11-32-30(26)23-33(38-32)25-12-14-28(15-13-25)36-21-20-35-17-5-6-18-35/h3-4,7-15,23,29H,2,5-6,16-22,24H2,1H3. The fourth-order valence-electron chi connectivity index (χ4n) is 5.76.